The number of esters is 2. The number of hydrogen-bond acceptors (Lipinski definition) is 6. The van der Waals surface area contributed by atoms with E-state index in [4.69, 9.17) is 9.47 Å². The molecular weight excluding hydrogens is 404 g/mol. The fourth-order valence-corrected chi connectivity index (χ4v) is 2.71. The summed E-state index contributed by atoms with van der Waals surface area (Å²) in [6.07, 6.45) is 0.123. The predicted octanol–water partition coefficient (Wildman–Crippen LogP) is 2.92. The SMILES string of the molecule is CCOC(=O)CC(C)NC(=O)Nc1cccc(NC(=O)NC(C)CC(=O)OCC)c1C. The molecule has 0 spiro atoms. The lowest BCUT2D eigenvalue weighted by molar-refractivity contribution is -0.144. The minimum absolute atomic E-state index is 0.0615. The zero-order chi connectivity index (χ0) is 23.4. The van der Waals surface area contributed by atoms with Crippen molar-refractivity contribution in [2.24, 2.45) is 0 Å². The molecular formula is C21H32N4O6. The van der Waals surface area contributed by atoms with Gasteiger partial charge in [0.15, 0.2) is 0 Å². The van der Waals surface area contributed by atoms with Crippen molar-refractivity contribution in [2.75, 3.05) is 23.8 Å². The molecule has 0 aliphatic heterocycles. The summed E-state index contributed by atoms with van der Waals surface area (Å²) in [6.45, 7) is 9.14. The van der Waals surface area contributed by atoms with Gasteiger partial charge in [0.1, 0.15) is 0 Å². The first-order chi connectivity index (χ1) is 14.7. The third kappa shape index (κ3) is 9.83. The molecule has 4 N–H and O–H groups in total. The molecule has 0 heterocycles. The van der Waals surface area contributed by atoms with Crippen molar-refractivity contribution in [3.8, 4) is 0 Å². The molecule has 172 valence electrons. The fourth-order valence-electron chi connectivity index (χ4n) is 2.71. The molecule has 0 aliphatic carbocycles. The number of nitrogens with one attached hydrogen (secondary N) is 4. The van der Waals surface area contributed by atoms with E-state index in [1.165, 1.54) is 0 Å². The molecule has 10 nitrogen and oxygen atoms in total. The lowest BCUT2D eigenvalue weighted by Gasteiger charge is -2.18. The maximum absolute atomic E-state index is 12.2. The second-order valence-corrected chi connectivity index (χ2v) is 7.00. The minimum Gasteiger partial charge on any atom is -0.466 e. The molecule has 0 radical (unpaired) electrons. The number of urea groups is 2. The van der Waals surface area contributed by atoms with Crippen LogP contribution in [0.5, 0.6) is 0 Å². The van der Waals surface area contributed by atoms with E-state index in [9.17, 15) is 19.2 Å². The smallest absolute Gasteiger partial charge is 0.319 e. The number of benzene rings is 1. The van der Waals surface area contributed by atoms with Crippen LogP contribution in [0.2, 0.25) is 0 Å². The summed E-state index contributed by atoms with van der Waals surface area (Å²) in [6, 6.07) is 3.28. The van der Waals surface area contributed by atoms with Gasteiger partial charge in [-0.25, -0.2) is 9.59 Å². The van der Waals surface area contributed by atoms with E-state index in [-0.39, 0.29) is 38.0 Å². The number of hydrogen-bond donors (Lipinski definition) is 4. The quantitative estimate of drug-likeness (QED) is 0.417. The first-order valence-electron chi connectivity index (χ1n) is 10.2. The standard InChI is InChI=1S/C21H32N4O6/c1-6-30-18(26)11-13(3)22-20(28)24-16-9-8-10-17(15(16)5)25-21(29)23-14(4)12-19(27)31-7-2/h8-10,13-14H,6-7,11-12H2,1-5H3,(H2,22,24,28)(H2,23,25,29). The zero-order valence-corrected chi connectivity index (χ0v) is 18.7. The molecule has 2 atom stereocenters. The highest BCUT2D eigenvalue weighted by Gasteiger charge is 2.16. The Morgan fingerprint density at radius 3 is 1.55 bits per heavy atom. The molecule has 10 heteroatoms. The van der Waals surface area contributed by atoms with Gasteiger partial charge in [0.2, 0.25) is 0 Å². The van der Waals surface area contributed by atoms with E-state index < -0.39 is 24.1 Å². The Morgan fingerprint density at radius 1 is 0.806 bits per heavy atom. The first kappa shape index (κ1) is 25.7. The molecule has 0 aliphatic rings. The molecule has 4 amide bonds. The summed E-state index contributed by atoms with van der Waals surface area (Å²) in [5.74, 6) is -0.776. The topological polar surface area (TPSA) is 135 Å². The molecule has 1 rings (SSSR count). The van der Waals surface area contributed by atoms with Gasteiger partial charge in [-0.3, -0.25) is 9.59 Å². The van der Waals surface area contributed by atoms with Crippen LogP contribution in [-0.4, -0.2) is 49.3 Å². The van der Waals surface area contributed by atoms with Crippen LogP contribution < -0.4 is 21.3 Å². The van der Waals surface area contributed by atoms with Crippen molar-refractivity contribution in [1.29, 1.82) is 0 Å². The average molecular weight is 437 g/mol. The number of carbonyl (C=O) groups excluding carboxylic acids is 4. The third-order valence-corrected chi connectivity index (χ3v) is 4.14. The maximum Gasteiger partial charge on any atom is 0.319 e. The van der Waals surface area contributed by atoms with Crippen LogP contribution in [0.15, 0.2) is 18.2 Å². The Morgan fingerprint density at radius 2 is 1.19 bits per heavy atom. The Balaban J connectivity index is 2.63. The van der Waals surface area contributed by atoms with Crippen LogP contribution in [0.1, 0.15) is 46.1 Å². The van der Waals surface area contributed by atoms with Crippen LogP contribution in [-0.2, 0) is 19.1 Å². The van der Waals surface area contributed by atoms with Crippen LogP contribution in [0.4, 0.5) is 21.0 Å². The predicted molar refractivity (Wildman–Crippen MR) is 117 cm³/mol. The number of anilines is 2. The minimum atomic E-state index is -0.482. The number of amides is 4. The molecule has 2 unspecified atom stereocenters. The highest BCUT2D eigenvalue weighted by atomic mass is 16.5. The second kappa shape index (κ2) is 13.1. The molecule has 0 fully saturated rings. The van der Waals surface area contributed by atoms with Gasteiger partial charge in [-0.1, -0.05) is 6.07 Å². The largest absolute Gasteiger partial charge is 0.466 e. The molecule has 0 bridgehead atoms. The summed E-state index contributed by atoms with van der Waals surface area (Å²) in [7, 11) is 0. The number of rotatable bonds is 10. The van der Waals surface area contributed by atoms with E-state index in [0.717, 1.165) is 0 Å². The van der Waals surface area contributed by atoms with E-state index in [2.05, 4.69) is 21.3 Å². The van der Waals surface area contributed by atoms with Crippen LogP contribution in [0.3, 0.4) is 0 Å². The Hall–Kier alpha value is -3.30. The summed E-state index contributed by atoms with van der Waals surface area (Å²) in [4.78, 5) is 47.5. The molecule has 31 heavy (non-hydrogen) atoms. The zero-order valence-electron chi connectivity index (χ0n) is 18.7. The van der Waals surface area contributed by atoms with E-state index in [1.54, 1.807) is 52.8 Å². The van der Waals surface area contributed by atoms with Crippen molar-refractivity contribution in [3.05, 3.63) is 23.8 Å². The van der Waals surface area contributed by atoms with Crippen molar-refractivity contribution >= 4 is 35.4 Å². The Kier molecular flexibility index (Phi) is 10.9. The Bertz CT molecular complexity index is 723. The monoisotopic (exact) mass is 436 g/mol. The highest BCUT2D eigenvalue weighted by Crippen LogP contribution is 2.23. The summed E-state index contributed by atoms with van der Waals surface area (Å²) < 4.78 is 9.72. The molecule has 0 saturated heterocycles. The lowest BCUT2D eigenvalue weighted by Crippen LogP contribution is -2.38. The summed E-state index contributed by atoms with van der Waals surface area (Å²) in [5.41, 5.74) is 1.64. The van der Waals surface area contributed by atoms with Crippen molar-refractivity contribution < 1.29 is 28.7 Å². The van der Waals surface area contributed by atoms with Gasteiger partial charge < -0.3 is 30.7 Å². The van der Waals surface area contributed by atoms with Gasteiger partial charge >= 0.3 is 24.0 Å². The van der Waals surface area contributed by atoms with Gasteiger partial charge in [-0.15, -0.1) is 0 Å². The maximum atomic E-state index is 12.2. The van der Waals surface area contributed by atoms with Crippen molar-refractivity contribution in [2.45, 2.75) is 59.5 Å². The van der Waals surface area contributed by atoms with Gasteiger partial charge in [0.05, 0.1) is 26.1 Å². The number of carbonyl (C=O) groups is 4. The molecule has 1 aromatic carbocycles. The van der Waals surface area contributed by atoms with Crippen LogP contribution >= 0.6 is 0 Å². The van der Waals surface area contributed by atoms with Crippen molar-refractivity contribution in [1.82, 2.24) is 10.6 Å². The van der Waals surface area contributed by atoms with Gasteiger partial charge in [0.25, 0.3) is 0 Å². The van der Waals surface area contributed by atoms with Gasteiger partial charge in [0, 0.05) is 23.5 Å². The average Bonchev–Trinajstić information content (AvgIpc) is 2.64. The molecule has 0 saturated carbocycles. The van der Waals surface area contributed by atoms with Crippen LogP contribution in [0, 0.1) is 6.92 Å². The van der Waals surface area contributed by atoms with E-state index in [0.29, 0.717) is 16.9 Å². The number of ether oxygens (including phenoxy) is 2. The summed E-state index contributed by atoms with van der Waals surface area (Å²) in [5, 5.41) is 10.7. The first-order valence-corrected chi connectivity index (χ1v) is 10.2. The van der Waals surface area contributed by atoms with Crippen molar-refractivity contribution in [3.63, 3.8) is 0 Å². The fraction of sp³-hybridized carbons (Fsp3) is 0.524. The summed E-state index contributed by atoms with van der Waals surface area (Å²) >= 11 is 0. The second-order valence-electron chi connectivity index (χ2n) is 7.00. The van der Waals surface area contributed by atoms with Crippen LogP contribution in [0.25, 0.3) is 0 Å². The van der Waals surface area contributed by atoms with Gasteiger partial charge in [-0.05, 0) is 52.3 Å². The van der Waals surface area contributed by atoms with E-state index in [1.807, 2.05) is 0 Å². The molecule has 0 aromatic heterocycles. The van der Waals surface area contributed by atoms with E-state index >= 15 is 0 Å². The third-order valence-electron chi connectivity index (χ3n) is 4.14. The molecule has 1 aromatic rings. The normalized spacial score (nSPS) is 12.2. The lowest BCUT2D eigenvalue weighted by atomic mass is 10.1. The highest BCUT2D eigenvalue weighted by molar-refractivity contribution is 5.95. The Labute approximate surface area is 182 Å². The van der Waals surface area contributed by atoms with Gasteiger partial charge in [-0.2, -0.15) is 0 Å².